The van der Waals surface area contributed by atoms with Crippen molar-refractivity contribution in [1.82, 2.24) is 10.2 Å². The van der Waals surface area contributed by atoms with Gasteiger partial charge in [-0.05, 0) is 30.7 Å². The Bertz CT molecular complexity index is 777. The molecule has 1 unspecified atom stereocenters. The number of hydrogen-bond donors (Lipinski definition) is 1. The predicted octanol–water partition coefficient (Wildman–Crippen LogP) is 3.04. The van der Waals surface area contributed by atoms with Crippen LogP contribution in [0.1, 0.15) is 35.8 Å². The summed E-state index contributed by atoms with van der Waals surface area (Å²) in [7, 11) is 3.07. The summed E-state index contributed by atoms with van der Waals surface area (Å²) >= 11 is 0. The third-order valence-electron chi connectivity index (χ3n) is 4.44. The summed E-state index contributed by atoms with van der Waals surface area (Å²) in [6.45, 7) is 4.29. The first-order valence-corrected chi connectivity index (χ1v) is 8.80. The highest BCUT2D eigenvalue weighted by Gasteiger charge is 2.18. The molecule has 0 aliphatic carbocycles. The molecule has 0 aliphatic rings. The van der Waals surface area contributed by atoms with Gasteiger partial charge in [0.25, 0.3) is 5.91 Å². The van der Waals surface area contributed by atoms with Crippen molar-refractivity contribution in [3.8, 4) is 11.5 Å². The molecule has 0 aromatic heterocycles. The monoisotopic (exact) mass is 370 g/mol. The number of ether oxygens (including phenoxy) is 2. The molecule has 144 valence electrons. The van der Waals surface area contributed by atoms with Gasteiger partial charge < -0.3 is 19.7 Å². The van der Waals surface area contributed by atoms with Crippen LogP contribution in [0.4, 0.5) is 0 Å². The summed E-state index contributed by atoms with van der Waals surface area (Å²) in [6.07, 6.45) is 0. The summed E-state index contributed by atoms with van der Waals surface area (Å²) < 4.78 is 10.4. The van der Waals surface area contributed by atoms with Crippen molar-refractivity contribution >= 4 is 11.8 Å². The van der Waals surface area contributed by atoms with Gasteiger partial charge >= 0.3 is 0 Å². The summed E-state index contributed by atoms with van der Waals surface area (Å²) in [6, 6.07) is 14.7. The topological polar surface area (TPSA) is 67.9 Å². The number of amides is 2. The van der Waals surface area contributed by atoms with Crippen molar-refractivity contribution in [1.29, 1.82) is 0 Å². The number of hydrogen-bond acceptors (Lipinski definition) is 4. The third kappa shape index (κ3) is 5.23. The molecule has 2 aromatic carbocycles. The van der Waals surface area contributed by atoms with Crippen molar-refractivity contribution in [2.45, 2.75) is 19.9 Å². The lowest BCUT2D eigenvalue weighted by atomic mass is 10.1. The van der Waals surface area contributed by atoms with E-state index in [9.17, 15) is 9.59 Å². The van der Waals surface area contributed by atoms with Gasteiger partial charge in [-0.25, -0.2) is 0 Å². The largest absolute Gasteiger partial charge is 0.493 e. The standard InChI is InChI=1S/C21H26N2O4/c1-15(17-8-6-5-7-9-17)23(16(2)24)13-12-22-21(25)18-10-11-19(26-3)20(14-18)27-4/h5-11,14-15H,12-13H2,1-4H3,(H,22,25). The molecule has 0 saturated carbocycles. The van der Waals surface area contributed by atoms with Crippen LogP contribution in [-0.4, -0.2) is 44.0 Å². The minimum atomic E-state index is -0.230. The van der Waals surface area contributed by atoms with Crippen LogP contribution in [0.3, 0.4) is 0 Å². The van der Waals surface area contributed by atoms with Gasteiger partial charge in [0.15, 0.2) is 11.5 Å². The lowest BCUT2D eigenvalue weighted by molar-refractivity contribution is -0.130. The van der Waals surface area contributed by atoms with Gasteiger partial charge in [-0.3, -0.25) is 9.59 Å². The molecule has 0 radical (unpaired) electrons. The number of methoxy groups -OCH3 is 2. The highest BCUT2D eigenvalue weighted by molar-refractivity contribution is 5.94. The van der Waals surface area contributed by atoms with Gasteiger partial charge in [-0.15, -0.1) is 0 Å². The maximum absolute atomic E-state index is 12.4. The zero-order chi connectivity index (χ0) is 19.8. The quantitative estimate of drug-likeness (QED) is 0.776. The molecule has 2 amide bonds. The van der Waals surface area contributed by atoms with Crippen molar-refractivity contribution in [3.63, 3.8) is 0 Å². The molecule has 0 saturated heterocycles. The van der Waals surface area contributed by atoms with Gasteiger partial charge in [0.2, 0.25) is 5.91 Å². The van der Waals surface area contributed by atoms with E-state index in [1.807, 2.05) is 37.3 Å². The Hall–Kier alpha value is -3.02. The number of nitrogens with zero attached hydrogens (tertiary/aromatic N) is 1. The molecular formula is C21H26N2O4. The second-order valence-corrected chi connectivity index (χ2v) is 6.12. The average molecular weight is 370 g/mol. The molecule has 0 aliphatic heterocycles. The Kier molecular flexibility index (Phi) is 7.23. The number of rotatable bonds is 8. The lowest BCUT2D eigenvalue weighted by Crippen LogP contribution is -2.39. The number of benzene rings is 2. The Morgan fingerprint density at radius 2 is 1.70 bits per heavy atom. The number of nitrogens with one attached hydrogen (secondary N) is 1. The molecule has 6 heteroatoms. The first-order chi connectivity index (χ1) is 13.0. The molecular weight excluding hydrogens is 344 g/mol. The van der Waals surface area contributed by atoms with E-state index < -0.39 is 0 Å². The average Bonchev–Trinajstić information content (AvgIpc) is 2.70. The first-order valence-electron chi connectivity index (χ1n) is 8.80. The highest BCUT2D eigenvalue weighted by Crippen LogP contribution is 2.27. The second kappa shape index (κ2) is 9.62. The molecule has 1 atom stereocenters. The van der Waals surface area contributed by atoms with E-state index in [1.54, 1.807) is 30.2 Å². The van der Waals surface area contributed by atoms with Crippen LogP contribution in [0.25, 0.3) is 0 Å². The lowest BCUT2D eigenvalue weighted by Gasteiger charge is -2.28. The fourth-order valence-corrected chi connectivity index (χ4v) is 2.90. The zero-order valence-corrected chi connectivity index (χ0v) is 16.2. The molecule has 27 heavy (non-hydrogen) atoms. The Morgan fingerprint density at radius 1 is 1.04 bits per heavy atom. The fourth-order valence-electron chi connectivity index (χ4n) is 2.90. The van der Waals surface area contributed by atoms with E-state index in [1.165, 1.54) is 14.0 Å². The van der Waals surface area contributed by atoms with Crippen LogP contribution in [-0.2, 0) is 4.79 Å². The van der Waals surface area contributed by atoms with Crippen molar-refractivity contribution in [3.05, 3.63) is 59.7 Å². The molecule has 0 heterocycles. The third-order valence-corrected chi connectivity index (χ3v) is 4.44. The Morgan fingerprint density at radius 3 is 2.30 bits per heavy atom. The van der Waals surface area contributed by atoms with Gasteiger partial charge in [0.05, 0.1) is 20.3 Å². The van der Waals surface area contributed by atoms with Crippen LogP contribution < -0.4 is 14.8 Å². The first kappa shape index (κ1) is 20.3. The molecule has 0 spiro atoms. The van der Waals surface area contributed by atoms with E-state index in [-0.39, 0.29) is 17.9 Å². The fraction of sp³-hybridized carbons (Fsp3) is 0.333. The summed E-state index contributed by atoms with van der Waals surface area (Å²) in [5.41, 5.74) is 1.53. The number of carbonyl (C=O) groups excluding carboxylic acids is 2. The minimum absolute atomic E-state index is 0.0354. The second-order valence-electron chi connectivity index (χ2n) is 6.12. The van der Waals surface area contributed by atoms with Crippen molar-refractivity contribution in [2.24, 2.45) is 0 Å². The molecule has 6 nitrogen and oxygen atoms in total. The maximum Gasteiger partial charge on any atom is 0.251 e. The highest BCUT2D eigenvalue weighted by atomic mass is 16.5. The van der Waals surface area contributed by atoms with E-state index in [0.717, 1.165) is 5.56 Å². The van der Waals surface area contributed by atoms with Gasteiger partial charge in [0.1, 0.15) is 0 Å². The van der Waals surface area contributed by atoms with E-state index in [2.05, 4.69) is 5.32 Å². The van der Waals surface area contributed by atoms with E-state index in [4.69, 9.17) is 9.47 Å². The zero-order valence-electron chi connectivity index (χ0n) is 16.2. The van der Waals surface area contributed by atoms with Gasteiger partial charge in [-0.2, -0.15) is 0 Å². The smallest absolute Gasteiger partial charge is 0.251 e. The predicted molar refractivity (Wildman–Crippen MR) is 104 cm³/mol. The Balaban J connectivity index is 1.98. The summed E-state index contributed by atoms with van der Waals surface area (Å²) in [5.74, 6) is 0.792. The molecule has 0 fully saturated rings. The summed E-state index contributed by atoms with van der Waals surface area (Å²) in [5, 5.41) is 2.85. The molecule has 0 bridgehead atoms. The Labute approximate surface area is 160 Å². The normalized spacial score (nSPS) is 11.4. The minimum Gasteiger partial charge on any atom is -0.493 e. The maximum atomic E-state index is 12.4. The van der Waals surface area contributed by atoms with Crippen molar-refractivity contribution in [2.75, 3.05) is 27.3 Å². The van der Waals surface area contributed by atoms with Crippen molar-refractivity contribution < 1.29 is 19.1 Å². The summed E-state index contributed by atoms with van der Waals surface area (Å²) in [4.78, 5) is 26.2. The van der Waals surface area contributed by atoms with Crippen LogP contribution in [0.15, 0.2) is 48.5 Å². The molecule has 1 N–H and O–H groups in total. The van der Waals surface area contributed by atoms with Gasteiger partial charge in [-0.1, -0.05) is 30.3 Å². The molecule has 2 rings (SSSR count). The van der Waals surface area contributed by atoms with Crippen LogP contribution >= 0.6 is 0 Å². The van der Waals surface area contributed by atoms with Crippen LogP contribution in [0.2, 0.25) is 0 Å². The van der Waals surface area contributed by atoms with Gasteiger partial charge in [0, 0.05) is 25.6 Å². The van der Waals surface area contributed by atoms with Crippen LogP contribution in [0.5, 0.6) is 11.5 Å². The number of carbonyl (C=O) groups is 2. The molecule has 2 aromatic rings. The van der Waals surface area contributed by atoms with E-state index in [0.29, 0.717) is 30.2 Å². The SMILES string of the molecule is COc1ccc(C(=O)NCCN(C(C)=O)C(C)c2ccccc2)cc1OC. The van der Waals surface area contributed by atoms with Crippen LogP contribution in [0, 0.1) is 0 Å². The van der Waals surface area contributed by atoms with E-state index >= 15 is 0 Å².